The fourth-order valence-corrected chi connectivity index (χ4v) is 4.10. The highest BCUT2D eigenvalue weighted by molar-refractivity contribution is 6.09. The molecule has 1 aliphatic rings. The summed E-state index contributed by atoms with van der Waals surface area (Å²) >= 11 is 0. The SMILES string of the molecule is CN1C(=O)[C@@H](NC(=O)C(C)(C)C(=O)NCc2cc(F)cc(F)c2)c2ccccc2-c2ccccc21. The number of nitrogens with one attached hydrogen (secondary N) is 2. The number of hydrogen-bond donors (Lipinski definition) is 2. The molecule has 6 nitrogen and oxygen atoms in total. The van der Waals surface area contributed by atoms with E-state index in [4.69, 9.17) is 0 Å². The lowest BCUT2D eigenvalue weighted by Crippen LogP contribution is -2.51. The molecule has 0 aliphatic carbocycles. The van der Waals surface area contributed by atoms with Crippen LogP contribution < -0.4 is 15.5 Å². The standard InChI is InChI=1S/C27H25F2N3O3/c1-27(2,25(34)30-15-16-12-17(28)14-18(29)13-16)26(35)31-23-21-10-5-4-8-19(21)20-9-6-7-11-22(20)32(3)24(23)33/h4-14,23H,15H2,1-3H3,(H,30,34)(H,31,35)/t23-/m0/s1. The van der Waals surface area contributed by atoms with Gasteiger partial charge >= 0.3 is 0 Å². The smallest absolute Gasteiger partial charge is 0.253 e. The van der Waals surface area contributed by atoms with Gasteiger partial charge in [0.15, 0.2) is 0 Å². The van der Waals surface area contributed by atoms with Crippen LogP contribution in [0.25, 0.3) is 11.1 Å². The summed E-state index contributed by atoms with van der Waals surface area (Å²) in [7, 11) is 1.64. The number of nitrogens with zero attached hydrogens (tertiary/aromatic N) is 1. The third-order valence-electron chi connectivity index (χ3n) is 6.19. The summed E-state index contributed by atoms with van der Waals surface area (Å²) in [5.74, 6) is -3.18. The van der Waals surface area contributed by atoms with Gasteiger partial charge in [-0.1, -0.05) is 42.5 Å². The maximum atomic E-state index is 13.4. The molecule has 0 saturated carbocycles. The molecule has 3 amide bonds. The van der Waals surface area contributed by atoms with Crippen molar-refractivity contribution in [3.8, 4) is 11.1 Å². The Balaban J connectivity index is 1.57. The van der Waals surface area contributed by atoms with E-state index in [1.807, 2.05) is 36.4 Å². The van der Waals surface area contributed by atoms with Crippen LogP contribution in [0.3, 0.4) is 0 Å². The van der Waals surface area contributed by atoms with E-state index in [1.54, 1.807) is 19.2 Å². The molecule has 8 heteroatoms. The van der Waals surface area contributed by atoms with E-state index < -0.39 is 34.9 Å². The van der Waals surface area contributed by atoms with Crippen LogP contribution in [0.2, 0.25) is 0 Å². The van der Waals surface area contributed by atoms with Crippen molar-refractivity contribution in [3.63, 3.8) is 0 Å². The third-order valence-corrected chi connectivity index (χ3v) is 6.19. The first-order valence-electron chi connectivity index (χ1n) is 11.1. The van der Waals surface area contributed by atoms with Gasteiger partial charge in [-0.15, -0.1) is 0 Å². The van der Waals surface area contributed by atoms with Gasteiger partial charge in [0.25, 0.3) is 5.91 Å². The molecule has 0 saturated heterocycles. The van der Waals surface area contributed by atoms with Crippen molar-refractivity contribution >= 4 is 23.4 Å². The average molecular weight is 478 g/mol. The Labute approximate surface area is 201 Å². The number of para-hydroxylation sites is 1. The van der Waals surface area contributed by atoms with Gasteiger partial charge in [0.1, 0.15) is 23.1 Å². The van der Waals surface area contributed by atoms with Crippen molar-refractivity contribution in [2.75, 3.05) is 11.9 Å². The summed E-state index contributed by atoms with van der Waals surface area (Å²) in [6, 6.07) is 16.7. The molecule has 4 rings (SSSR count). The fourth-order valence-electron chi connectivity index (χ4n) is 4.10. The summed E-state index contributed by atoms with van der Waals surface area (Å²) in [5, 5.41) is 5.31. The second-order valence-corrected chi connectivity index (χ2v) is 8.99. The molecule has 0 spiro atoms. The van der Waals surface area contributed by atoms with Gasteiger partial charge in [0.05, 0.1) is 5.69 Å². The number of fused-ring (bicyclic) bond motifs is 3. The van der Waals surface area contributed by atoms with Crippen LogP contribution in [0.15, 0.2) is 66.7 Å². The molecule has 1 atom stereocenters. The maximum absolute atomic E-state index is 13.4. The van der Waals surface area contributed by atoms with Gasteiger partial charge in [-0.05, 0) is 48.7 Å². The monoisotopic (exact) mass is 477 g/mol. The minimum Gasteiger partial charge on any atom is -0.351 e. The first-order chi connectivity index (χ1) is 16.6. The van der Waals surface area contributed by atoms with Crippen molar-refractivity contribution in [1.29, 1.82) is 0 Å². The van der Waals surface area contributed by atoms with Crippen molar-refractivity contribution in [3.05, 3.63) is 89.5 Å². The summed E-state index contributed by atoms with van der Waals surface area (Å²) in [6.45, 7) is 2.69. The topological polar surface area (TPSA) is 78.5 Å². The van der Waals surface area contributed by atoms with Crippen LogP contribution in [0.1, 0.15) is 31.0 Å². The molecule has 0 aromatic heterocycles. The fraction of sp³-hybridized carbons (Fsp3) is 0.222. The molecule has 0 radical (unpaired) electrons. The van der Waals surface area contributed by atoms with Crippen LogP contribution in [-0.4, -0.2) is 24.8 Å². The van der Waals surface area contributed by atoms with E-state index in [9.17, 15) is 23.2 Å². The number of anilines is 1. The first kappa shape index (κ1) is 24.1. The Hall–Kier alpha value is -4.07. The summed E-state index contributed by atoms with van der Waals surface area (Å²) < 4.78 is 26.9. The summed E-state index contributed by atoms with van der Waals surface area (Å²) in [5.41, 5.74) is 1.64. The number of benzene rings is 3. The molecule has 0 bridgehead atoms. The number of amides is 3. The van der Waals surface area contributed by atoms with Crippen molar-refractivity contribution in [2.24, 2.45) is 5.41 Å². The van der Waals surface area contributed by atoms with Crippen LogP contribution in [0.5, 0.6) is 0 Å². The Kier molecular flexibility index (Phi) is 6.39. The highest BCUT2D eigenvalue weighted by Gasteiger charge is 2.40. The van der Waals surface area contributed by atoms with E-state index in [2.05, 4.69) is 10.6 Å². The van der Waals surface area contributed by atoms with Gasteiger partial charge in [-0.2, -0.15) is 0 Å². The molecule has 3 aromatic carbocycles. The minimum atomic E-state index is -1.57. The number of carbonyl (C=O) groups excluding carboxylic acids is 3. The van der Waals surface area contributed by atoms with Crippen molar-refractivity contribution in [1.82, 2.24) is 10.6 Å². The molecule has 35 heavy (non-hydrogen) atoms. The molecular weight excluding hydrogens is 452 g/mol. The van der Waals surface area contributed by atoms with Gasteiger partial charge in [-0.3, -0.25) is 14.4 Å². The summed E-state index contributed by atoms with van der Waals surface area (Å²) in [6.07, 6.45) is 0. The molecular formula is C27H25F2N3O3. The lowest BCUT2D eigenvalue weighted by molar-refractivity contribution is -0.143. The predicted molar refractivity (Wildman–Crippen MR) is 128 cm³/mol. The zero-order valence-corrected chi connectivity index (χ0v) is 19.6. The Bertz CT molecular complexity index is 1300. The Morgan fingerprint density at radius 3 is 2.20 bits per heavy atom. The Morgan fingerprint density at radius 2 is 1.51 bits per heavy atom. The number of likely N-dealkylation sites (N-methyl/N-ethyl adjacent to an activating group) is 1. The summed E-state index contributed by atoms with van der Waals surface area (Å²) in [4.78, 5) is 41.1. The number of halogens is 2. The predicted octanol–water partition coefficient (Wildman–Crippen LogP) is 4.11. The van der Waals surface area contributed by atoms with E-state index in [-0.39, 0.29) is 18.0 Å². The van der Waals surface area contributed by atoms with Gasteiger partial charge in [0.2, 0.25) is 11.8 Å². The molecule has 1 heterocycles. The van der Waals surface area contributed by atoms with E-state index in [0.29, 0.717) is 11.3 Å². The first-order valence-corrected chi connectivity index (χ1v) is 11.1. The molecule has 3 aromatic rings. The van der Waals surface area contributed by atoms with Crippen LogP contribution >= 0.6 is 0 Å². The Morgan fingerprint density at radius 1 is 0.914 bits per heavy atom. The average Bonchev–Trinajstić information content (AvgIpc) is 2.91. The molecule has 2 N–H and O–H groups in total. The van der Waals surface area contributed by atoms with E-state index in [1.165, 1.54) is 18.7 Å². The zero-order chi connectivity index (χ0) is 25.3. The molecule has 0 fully saturated rings. The number of carbonyl (C=O) groups is 3. The highest BCUT2D eigenvalue weighted by atomic mass is 19.1. The number of hydrogen-bond acceptors (Lipinski definition) is 3. The zero-order valence-electron chi connectivity index (χ0n) is 19.6. The van der Waals surface area contributed by atoms with Crippen LogP contribution in [-0.2, 0) is 20.9 Å². The van der Waals surface area contributed by atoms with E-state index in [0.717, 1.165) is 29.3 Å². The second kappa shape index (κ2) is 9.29. The molecule has 180 valence electrons. The van der Waals surface area contributed by atoms with Crippen LogP contribution in [0.4, 0.5) is 14.5 Å². The maximum Gasteiger partial charge on any atom is 0.253 e. The number of rotatable bonds is 5. The van der Waals surface area contributed by atoms with E-state index >= 15 is 0 Å². The van der Waals surface area contributed by atoms with Gasteiger partial charge < -0.3 is 15.5 Å². The van der Waals surface area contributed by atoms with Gasteiger partial charge in [0, 0.05) is 25.2 Å². The molecule has 1 aliphatic heterocycles. The third kappa shape index (κ3) is 4.64. The largest absolute Gasteiger partial charge is 0.351 e. The second-order valence-electron chi connectivity index (χ2n) is 8.99. The lowest BCUT2D eigenvalue weighted by atomic mass is 9.89. The van der Waals surface area contributed by atoms with Crippen molar-refractivity contribution < 1.29 is 23.2 Å². The lowest BCUT2D eigenvalue weighted by Gasteiger charge is -2.28. The normalized spacial score (nSPS) is 15.1. The van der Waals surface area contributed by atoms with Crippen LogP contribution in [0, 0.1) is 17.0 Å². The highest BCUT2D eigenvalue weighted by Crippen LogP contribution is 2.39. The van der Waals surface area contributed by atoms with Gasteiger partial charge in [-0.25, -0.2) is 8.78 Å². The minimum absolute atomic E-state index is 0.159. The quantitative estimate of drug-likeness (QED) is 0.543. The molecule has 0 unspecified atom stereocenters. The van der Waals surface area contributed by atoms with Crippen molar-refractivity contribution in [2.45, 2.75) is 26.4 Å².